The molecule has 2 aromatic rings. The van der Waals surface area contributed by atoms with Crippen LogP contribution in [0.1, 0.15) is 56.7 Å². The van der Waals surface area contributed by atoms with Crippen molar-refractivity contribution >= 4 is 16.7 Å². The summed E-state index contributed by atoms with van der Waals surface area (Å²) in [6.07, 6.45) is 4.04. The highest BCUT2D eigenvalue weighted by molar-refractivity contribution is 7.85. The first-order chi connectivity index (χ1) is 13.9. The lowest BCUT2D eigenvalue weighted by atomic mass is 9.63. The first-order valence-electron chi connectivity index (χ1n) is 10.7. The van der Waals surface area contributed by atoms with E-state index in [0.717, 1.165) is 45.3 Å². The van der Waals surface area contributed by atoms with Gasteiger partial charge in [0.2, 0.25) is 0 Å². The third kappa shape index (κ3) is 4.24. The number of fused-ring (bicyclic) bond motifs is 2. The van der Waals surface area contributed by atoms with Crippen molar-refractivity contribution < 1.29 is 4.21 Å². The summed E-state index contributed by atoms with van der Waals surface area (Å²) in [5, 5.41) is 0. The Morgan fingerprint density at radius 2 is 1.62 bits per heavy atom. The van der Waals surface area contributed by atoms with Crippen molar-refractivity contribution in [1.29, 1.82) is 0 Å². The number of likely N-dealkylation sites (tertiary alicyclic amines) is 1. The molecule has 1 heterocycles. The largest absolute Gasteiger partial charge is 0.299 e. The van der Waals surface area contributed by atoms with Gasteiger partial charge in [-0.2, -0.15) is 4.40 Å². The zero-order chi connectivity index (χ0) is 20.5. The average Bonchev–Trinajstić information content (AvgIpc) is 2.72. The second-order valence-electron chi connectivity index (χ2n) is 9.40. The van der Waals surface area contributed by atoms with Crippen molar-refractivity contribution in [2.24, 2.45) is 4.40 Å². The highest BCUT2D eigenvalue weighted by Gasteiger charge is 2.44. The van der Waals surface area contributed by atoms with E-state index in [-0.39, 0.29) is 10.2 Å². The number of benzene rings is 2. The van der Waals surface area contributed by atoms with E-state index in [1.165, 1.54) is 22.4 Å². The maximum Gasteiger partial charge on any atom is 0.144 e. The zero-order valence-corrected chi connectivity index (χ0v) is 18.7. The monoisotopic (exact) mass is 408 g/mol. The van der Waals surface area contributed by atoms with Crippen molar-refractivity contribution in [2.45, 2.75) is 63.2 Å². The van der Waals surface area contributed by atoms with Crippen molar-refractivity contribution in [3.05, 3.63) is 71.3 Å². The maximum absolute atomic E-state index is 12.9. The van der Waals surface area contributed by atoms with Crippen LogP contribution < -0.4 is 0 Å². The molecular weight excluding hydrogens is 376 g/mol. The van der Waals surface area contributed by atoms with Gasteiger partial charge < -0.3 is 0 Å². The number of piperidine rings is 1. The van der Waals surface area contributed by atoms with E-state index in [2.05, 4.69) is 59.5 Å². The van der Waals surface area contributed by atoms with Crippen molar-refractivity contribution in [3.8, 4) is 0 Å². The predicted octanol–water partition coefficient (Wildman–Crippen LogP) is 5.07. The molecule has 1 spiro atoms. The maximum atomic E-state index is 12.9. The van der Waals surface area contributed by atoms with Crippen LogP contribution in [0.25, 0.3) is 0 Å². The summed E-state index contributed by atoms with van der Waals surface area (Å²) in [6, 6.07) is 19.6. The Balaban J connectivity index is 1.63. The minimum atomic E-state index is -1.21. The third-order valence-corrected chi connectivity index (χ3v) is 7.83. The van der Waals surface area contributed by atoms with E-state index in [9.17, 15) is 4.21 Å². The lowest BCUT2D eigenvalue weighted by Crippen LogP contribution is -2.49. The van der Waals surface area contributed by atoms with Gasteiger partial charge in [0.15, 0.2) is 0 Å². The van der Waals surface area contributed by atoms with Gasteiger partial charge in [0, 0.05) is 17.7 Å². The van der Waals surface area contributed by atoms with Gasteiger partial charge in [-0.15, -0.1) is 0 Å². The van der Waals surface area contributed by atoms with E-state index in [1.807, 2.05) is 20.8 Å². The molecule has 0 saturated carbocycles. The Kier molecular flexibility index (Phi) is 5.76. The number of hydrogen-bond acceptors (Lipinski definition) is 2. The molecule has 4 rings (SSSR count). The number of hydrogen-bond donors (Lipinski definition) is 0. The zero-order valence-electron chi connectivity index (χ0n) is 17.9. The summed E-state index contributed by atoms with van der Waals surface area (Å²) >= 11 is 0. The molecule has 1 fully saturated rings. The van der Waals surface area contributed by atoms with Gasteiger partial charge in [0.25, 0.3) is 0 Å². The standard InChI is InChI=1S/C25H32N2OS/c1-24(2,3)29(28)26-23-14-13-21-11-7-8-12-22(21)25(23)15-17-27(18-16-25)19-20-9-5-4-6-10-20/h4-12H,13-19H2,1-3H3/t29-/m1/s1. The predicted molar refractivity (Wildman–Crippen MR) is 123 cm³/mol. The first-order valence-corrected chi connectivity index (χ1v) is 11.8. The summed E-state index contributed by atoms with van der Waals surface area (Å²) in [7, 11) is -1.21. The summed E-state index contributed by atoms with van der Waals surface area (Å²) < 4.78 is 17.4. The number of aryl methyl sites for hydroxylation is 1. The van der Waals surface area contributed by atoms with Crippen LogP contribution in [-0.4, -0.2) is 32.7 Å². The molecule has 1 aliphatic carbocycles. The molecule has 3 nitrogen and oxygen atoms in total. The first kappa shape index (κ1) is 20.5. The molecule has 1 saturated heterocycles. The molecule has 2 aromatic carbocycles. The summed E-state index contributed by atoms with van der Waals surface area (Å²) in [4.78, 5) is 2.55. The van der Waals surface area contributed by atoms with Gasteiger partial charge in [-0.05, 0) is 76.2 Å². The second-order valence-corrected chi connectivity index (χ2v) is 11.3. The van der Waals surface area contributed by atoms with E-state index >= 15 is 0 Å². The highest BCUT2D eigenvalue weighted by Crippen LogP contribution is 2.44. The Hall–Kier alpha value is -1.78. The Labute approximate surface area is 177 Å². The van der Waals surface area contributed by atoms with Crippen LogP contribution in [-0.2, 0) is 29.4 Å². The summed E-state index contributed by atoms with van der Waals surface area (Å²) in [5.41, 5.74) is 5.36. The van der Waals surface area contributed by atoms with Crippen molar-refractivity contribution in [2.75, 3.05) is 13.1 Å². The molecular formula is C25H32N2OS. The van der Waals surface area contributed by atoms with Crippen molar-refractivity contribution in [1.82, 2.24) is 4.90 Å². The molecule has 154 valence electrons. The Morgan fingerprint density at radius 1 is 0.966 bits per heavy atom. The molecule has 2 aliphatic rings. The van der Waals surface area contributed by atoms with Gasteiger partial charge in [-0.25, -0.2) is 4.21 Å². The fraction of sp³-hybridized carbons (Fsp3) is 0.480. The molecule has 1 atom stereocenters. The normalized spacial score (nSPS) is 21.8. The lowest BCUT2D eigenvalue weighted by molar-refractivity contribution is 0.181. The Morgan fingerprint density at radius 3 is 2.31 bits per heavy atom. The van der Waals surface area contributed by atoms with Crippen LogP contribution in [0.2, 0.25) is 0 Å². The fourth-order valence-corrected chi connectivity index (χ4v) is 5.46. The van der Waals surface area contributed by atoms with Gasteiger partial charge in [0.1, 0.15) is 11.0 Å². The highest BCUT2D eigenvalue weighted by atomic mass is 32.2. The SMILES string of the molecule is CC(C)(C)[S@@](=O)N=C1CCc2ccccc2C12CCN(Cc1ccccc1)CC2. The van der Waals surface area contributed by atoms with E-state index in [0.29, 0.717) is 0 Å². The fourth-order valence-electron chi connectivity index (χ4n) is 4.72. The van der Waals surface area contributed by atoms with Gasteiger partial charge in [-0.1, -0.05) is 54.6 Å². The van der Waals surface area contributed by atoms with Crippen LogP contribution >= 0.6 is 0 Å². The topological polar surface area (TPSA) is 32.7 Å². The quantitative estimate of drug-likeness (QED) is 0.710. The Bertz CT molecular complexity index is 906. The minimum absolute atomic E-state index is 0.0526. The van der Waals surface area contributed by atoms with Crippen LogP contribution in [0.4, 0.5) is 0 Å². The van der Waals surface area contributed by atoms with Crippen LogP contribution in [0.3, 0.4) is 0 Å². The van der Waals surface area contributed by atoms with Crippen LogP contribution in [0.15, 0.2) is 59.0 Å². The number of nitrogens with zero attached hydrogens (tertiary/aromatic N) is 2. The number of rotatable bonds is 3. The van der Waals surface area contributed by atoms with Gasteiger partial charge in [0.05, 0.1) is 4.75 Å². The van der Waals surface area contributed by atoms with Gasteiger partial charge in [-0.3, -0.25) is 4.90 Å². The molecule has 0 N–H and O–H groups in total. The molecule has 29 heavy (non-hydrogen) atoms. The molecule has 1 aliphatic heterocycles. The molecule has 0 aromatic heterocycles. The lowest BCUT2D eigenvalue weighted by Gasteiger charge is -2.46. The second kappa shape index (κ2) is 8.16. The van der Waals surface area contributed by atoms with E-state index < -0.39 is 11.0 Å². The molecule has 0 unspecified atom stereocenters. The smallest absolute Gasteiger partial charge is 0.144 e. The molecule has 4 heteroatoms. The van der Waals surface area contributed by atoms with Crippen LogP contribution in [0, 0.1) is 0 Å². The van der Waals surface area contributed by atoms with Crippen LogP contribution in [0.5, 0.6) is 0 Å². The minimum Gasteiger partial charge on any atom is -0.299 e. The molecule has 0 bridgehead atoms. The molecule has 0 amide bonds. The van der Waals surface area contributed by atoms with Crippen molar-refractivity contribution in [3.63, 3.8) is 0 Å². The van der Waals surface area contributed by atoms with E-state index in [4.69, 9.17) is 4.40 Å². The van der Waals surface area contributed by atoms with E-state index in [1.54, 1.807) is 0 Å². The van der Waals surface area contributed by atoms with Gasteiger partial charge >= 0.3 is 0 Å². The third-order valence-electron chi connectivity index (χ3n) is 6.39. The summed E-state index contributed by atoms with van der Waals surface area (Å²) in [6.45, 7) is 9.13. The summed E-state index contributed by atoms with van der Waals surface area (Å²) in [5.74, 6) is 0. The molecule has 0 radical (unpaired) electrons. The average molecular weight is 409 g/mol.